The summed E-state index contributed by atoms with van der Waals surface area (Å²) < 4.78 is 13.6. The number of carbonyl (C=O) groups is 2. The predicted octanol–water partition coefficient (Wildman–Crippen LogP) is 2.54. The highest BCUT2D eigenvalue weighted by molar-refractivity contribution is 5.98. The van der Waals surface area contributed by atoms with Crippen LogP contribution in [-0.4, -0.2) is 28.5 Å². The maximum absolute atomic E-state index is 13.6. The van der Waals surface area contributed by atoms with Crippen molar-refractivity contribution in [3.8, 4) is 0 Å². The van der Waals surface area contributed by atoms with Crippen LogP contribution in [0.5, 0.6) is 0 Å². The molecule has 1 heterocycles. The number of carboxylic acid groups (broad SMARTS) is 1. The molecule has 0 aliphatic rings. The van der Waals surface area contributed by atoms with Crippen LogP contribution in [0.25, 0.3) is 10.9 Å². The van der Waals surface area contributed by atoms with E-state index in [2.05, 4.69) is 10.3 Å². The fourth-order valence-electron chi connectivity index (χ4n) is 2.21. The van der Waals surface area contributed by atoms with Gasteiger partial charge in [-0.3, -0.25) is 9.59 Å². The van der Waals surface area contributed by atoms with Gasteiger partial charge < -0.3 is 15.4 Å². The molecular weight excluding hydrogens is 275 g/mol. The first-order valence-corrected chi connectivity index (χ1v) is 6.81. The Hall–Kier alpha value is -2.37. The Morgan fingerprint density at radius 1 is 1.43 bits per heavy atom. The van der Waals surface area contributed by atoms with Gasteiger partial charge in [0.2, 0.25) is 0 Å². The zero-order valence-electron chi connectivity index (χ0n) is 11.6. The van der Waals surface area contributed by atoms with Gasteiger partial charge in [0.1, 0.15) is 11.5 Å². The highest BCUT2D eigenvalue weighted by Gasteiger charge is 2.18. The van der Waals surface area contributed by atoms with Crippen LogP contribution in [0.1, 0.15) is 30.3 Å². The fraction of sp³-hybridized carbons (Fsp3) is 0.333. The highest BCUT2D eigenvalue weighted by Crippen LogP contribution is 2.18. The third-order valence-corrected chi connectivity index (χ3v) is 3.35. The first kappa shape index (κ1) is 15.0. The molecule has 0 aliphatic carbocycles. The van der Waals surface area contributed by atoms with Gasteiger partial charge in [0.25, 0.3) is 5.91 Å². The van der Waals surface area contributed by atoms with Crippen molar-refractivity contribution >= 4 is 22.8 Å². The minimum atomic E-state index is -0.931. The van der Waals surface area contributed by atoms with Crippen molar-refractivity contribution in [1.82, 2.24) is 10.3 Å². The standard InChI is InChI=1S/C15H17FN2O3/c1-2-4-9(15(20)21)8-17-14(19)13-7-10-11(16)5-3-6-12(10)18-13/h3,5-7,9,18H,2,4,8H2,1H3,(H,17,19)(H,20,21). The molecule has 6 heteroatoms. The lowest BCUT2D eigenvalue weighted by atomic mass is 10.0. The van der Waals surface area contributed by atoms with Gasteiger partial charge in [-0.05, 0) is 24.6 Å². The molecule has 3 N–H and O–H groups in total. The summed E-state index contributed by atoms with van der Waals surface area (Å²) in [6, 6.07) is 5.97. The molecule has 112 valence electrons. The van der Waals surface area contributed by atoms with Gasteiger partial charge in [0, 0.05) is 17.4 Å². The van der Waals surface area contributed by atoms with E-state index in [0.717, 1.165) is 6.42 Å². The molecule has 0 fully saturated rings. The highest BCUT2D eigenvalue weighted by atomic mass is 19.1. The number of carboxylic acids is 1. The number of hydrogen-bond acceptors (Lipinski definition) is 2. The molecule has 1 unspecified atom stereocenters. The van der Waals surface area contributed by atoms with Crippen LogP contribution in [0, 0.1) is 11.7 Å². The summed E-state index contributed by atoms with van der Waals surface area (Å²) in [7, 11) is 0. The zero-order chi connectivity index (χ0) is 15.4. The molecule has 1 aromatic heterocycles. The molecule has 0 spiro atoms. The van der Waals surface area contributed by atoms with Crippen LogP contribution >= 0.6 is 0 Å². The lowest BCUT2D eigenvalue weighted by Gasteiger charge is -2.11. The van der Waals surface area contributed by atoms with Crippen molar-refractivity contribution in [1.29, 1.82) is 0 Å². The molecule has 1 atom stereocenters. The topological polar surface area (TPSA) is 82.2 Å². The van der Waals surface area contributed by atoms with E-state index in [9.17, 15) is 14.0 Å². The Kier molecular flexibility index (Phi) is 4.57. The molecule has 0 saturated heterocycles. The number of halogens is 1. The van der Waals surface area contributed by atoms with Crippen molar-refractivity contribution in [3.63, 3.8) is 0 Å². The van der Waals surface area contributed by atoms with Crippen LogP contribution in [0.2, 0.25) is 0 Å². The summed E-state index contributed by atoms with van der Waals surface area (Å²) in [5.74, 6) is -2.38. The number of aromatic nitrogens is 1. The Balaban J connectivity index is 2.08. The number of H-pyrrole nitrogens is 1. The van der Waals surface area contributed by atoms with Crippen molar-refractivity contribution in [2.45, 2.75) is 19.8 Å². The van der Waals surface area contributed by atoms with Crippen LogP contribution < -0.4 is 5.32 Å². The smallest absolute Gasteiger partial charge is 0.308 e. The van der Waals surface area contributed by atoms with Gasteiger partial charge in [-0.15, -0.1) is 0 Å². The van der Waals surface area contributed by atoms with E-state index in [1.807, 2.05) is 6.92 Å². The first-order valence-electron chi connectivity index (χ1n) is 6.81. The lowest BCUT2D eigenvalue weighted by molar-refractivity contribution is -0.141. The van der Waals surface area contributed by atoms with Gasteiger partial charge in [-0.1, -0.05) is 19.4 Å². The summed E-state index contributed by atoms with van der Waals surface area (Å²) in [6.07, 6.45) is 1.22. The van der Waals surface area contributed by atoms with Crippen LogP contribution in [0.4, 0.5) is 4.39 Å². The Morgan fingerprint density at radius 2 is 2.19 bits per heavy atom. The molecule has 21 heavy (non-hydrogen) atoms. The van der Waals surface area contributed by atoms with E-state index in [4.69, 9.17) is 5.11 Å². The van der Waals surface area contributed by atoms with Crippen LogP contribution in [0.3, 0.4) is 0 Å². The zero-order valence-corrected chi connectivity index (χ0v) is 11.6. The van der Waals surface area contributed by atoms with Crippen molar-refractivity contribution in [2.24, 2.45) is 5.92 Å². The van der Waals surface area contributed by atoms with E-state index in [1.165, 1.54) is 12.1 Å². The van der Waals surface area contributed by atoms with Gasteiger partial charge in [0.05, 0.1) is 5.92 Å². The number of aliphatic carboxylic acids is 1. The van der Waals surface area contributed by atoms with Gasteiger partial charge >= 0.3 is 5.97 Å². The van der Waals surface area contributed by atoms with Gasteiger partial charge in [0.15, 0.2) is 0 Å². The van der Waals surface area contributed by atoms with Crippen LogP contribution in [0.15, 0.2) is 24.3 Å². The van der Waals surface area contributed by atoms with E-state index >= 15 is 0 Å². The lowest BCUT2D eigenvalue weighted by Crippen LogP contribution is -2.33. The van der Waals surface area contributed by atoms with Crippen LogP contribution in [-0.2, 0) is 4.79 Å². The third-order valence-electron chi connectivity index (χ3n) is 3.35. The Morgan fingerprint density at radius 3 is 2.81 bits per heavy atom. The molecular formula is C15H17FN2O3. The normalized spacial score (nSPS) is 12.3. The van der Waals surface area contributed by atoms with E-state index in [1.54, 1.807) is 12.1 Å². The number of hydrogen-bond donors (Lipinski definition) is 3. The van der Waals surface area contributed by atoms with Gasteiger partial charge in [-0.2, -0.15) is 0 Å². The molecule has 0 aliphatic heterocycles. The predicted molar refractivity (Wildman–Crippen MR) is 76.6 cm³/mol. The van der Waals surface area contributed by atoms with E-state index < -0.39 is 23.6 Å². The van der Waals surface area contributed by atoms with Crippen molar-refractivity contribution < 1.29 is 19.1 Å². The molecule has 0 saturated carbocycles. The second-order valence-corrected chi connectivity index (χ2v) is 4.92. The first-order chi connectivity index (χ1) is 10.0. The fourth-order valence-corrected chi connectivity index (χ4v) is 2.21. The third kappa shape index (κ3) is 3.39. The maximum Gasteiger partial charge on any atom is 0.308 e. The number of fused-ring (bicyclic) bond motifs is 1. The molecule has 1 amide bonds. The number of nitrogens with one attached hydrogen (secondary N) is 2. The molecule has 2 rings (SSSR count). The largest absolute Gasteiger partial charge is 0.481 e. The molecule has 0 bridgehead atoms. The Labute approximate surface area is 121 Å². The van der Waals surface area contributed by atoms with Crippen molar-refractivity contribution in [3.05, 3.63) is 35.8 Å². The number of aromatic amines is 1. The quantitative estimate of drug-likeness (QED) is 0.765. The number of rotatable bonds is 6. The number of benzene rings is 1. The monoisotopic (exact) mass is 292 g/mol. The molecule has 2 aromatic rings. The van der Waals surface area contributed by atoms with E-state index in [-0.39, 0.29) is 12.2 Å². The van der Waals surface area contributed by atoms with E-state index in [0.29, 0.717) is 17.3 Å². The average molecular weight is 292 g/mol. The Bertz CT molecular complexity index is 666. The second-order valence-electron chi connectivity index (χ2n) is 4.92. The minimum Gasteiger partial charge on any atom is -0.481 e. The second kappa shape index (κ2) is 6.39. The molecule has 5 nitrogen and oxygen atoms in total. The maximum atomic E-state index is 13.6. The summed E-state index contributed by atoms with van der Waals surface area (Å²) in [6.45, 7) is 1.94. The molecule has 1 aromatic carbocycles. The van der Waals surface area contributed by atoms with Crippen molar-refractivity contribution in [2.75, 3.05) is 6.54 Å². The minimum absolute atomic E-state index is 0.0554. The summed E-state index contributed by atoms with van der Waals surface area (Å²) in [4.78, 5) is 25.8. The number of carbonyl (C=O) groups excluding carboxylic acids is 1. The van der Waals surface area contributed by atoms with Gasteiger partial charge in [-0.25, -0.2) is 4.39 Å². The number of amides is 1. The summed E-state index contributed by atoms with van der Waals surface area (Å²) >= 11 is 0. The summed E-state index contributed by atoms with van der Waals surface area (Å²) in [5, 5.41) is 11.9. The average Bonchev–Trinajstić information content (AvgIpc) is 2.88. The summed E-state index contributed by atoms with van der Waals surface area (Å²) in [5.41, 5.74) is 0.749. The molecule has 0 radical (unpaired) electrons. The SMILES string of the molecule is CCCC(CNC(=O)c1cc2c(F)cccc2[nH]1)C(=O)O.